The van der Waals surface area contributed by atoms with Crippen molar-refractivity contribution in [2.45, 2.75) is 45.1 Å². The fourth-order valence-corrected chi connectivity index (χ4v) is 2.61. The van der Waals surface area contributed by atoms with E-state index in [4.69, 9.17) is 5.73 Å². The molecule has 2 N–H and O–H groups in total. The molecule has 1 aliphatic carbocycles. The number of nitrogens with two attached hydrogens (primary N) is 1. The molecule has 0 spiro atoms. The Labute approximate surface area is 87.8 Å². The molecule has 2 rings (SSSR count). The second kappa shape index (κ2) is 4.63. The van der Waals surface area contributed by atoms with Gasteiger partial charge in [-0.15, -0.1) is 0 Å². The van der Waals surface area contributed by atoms with E-state index in [-0.39, 0.29) is 0 Å². The first kappa shape index (κ1) is 10.4. The SMILES string of the molecule is CC(CC1CC1)N1CCC(CN)CC1. The number of hydrogen-bond acceptors (Lipinski definition) is 2. The Morgan fingerprint density at radius 1 is 1.14 bits per heavy atom. The minimum absolute atomic E-state index is 0.805. The van der Waals surface area contributed by atoms with Crippen molar-refractivity contribution < 1.29 is 0 Å². The van der Waals surface area contributed by atoms with Gasteiger partial charge in [0.05, 0.1) is 0 Å². The highest BCUT2D eigenvalue weighted by molar-refractivity contribution is 4.82. The van der Waals surface area contributed by atoms with E-state index >= 15 is 0 Å². The molecule has 0 radical (unpaired) electrons. The summed E-state index contributed by atoms with van der Waals surface area (Å²) in [6.45, 7) is 5.87. The Bertz CT molecular complexity index is 169. The number of likely N-dealkylation sites (tertiary alicyclic amines) is 1. The average Bonchev–Trinajstić information content (AvgIpc) is 3.02. The smallest absolute Gasteiger partial charge is 0.00695 e. The van der Waals surface area contributed by atoms with Crippen LogP contribution >= 0.6 is 0 Å². The summed E-state index contributed by atoms with van der Waals surface area (Å²) in [5, 5.41) is 0. The van der Waals surface area contributed by atoms with Crippen molar-refractivity contribution in [3.8, 4) is 0 Å². The molecule has 0 amide bonds. The lowest BCUT2D eigenvalue weighted by Crippen LogP contribution is -2.41. The zero-order valence-corrected chi connectivity index (χ0v) is 9.41. The zero-order chi connectivity index (χ0) is 9.97. The van der Waals surface area contributed by atoms with E-state index in [1.54, 1.807) is 0 Å². The van der Waals surface area contributed by atoms with Crippen molar-refractivity contribution in [1.29, 1.82) is 0 Å². The van der Waals surface area contributed by atoms with Crippen LogP contribution in [-0.2, 0) is 0 Å². The van der Waals surface area contributed by atoms with Crippen LogP contribution in [0.1, 0.15) is 39.0 Å². The maximum atomic E-state index is 5.70. The van der Waals surface area contributed by atoms with Crippen molar-refractivity contribution >= 4 is 0 Å². The first-order valence-corrected chi connectivity index (χ1v) is 6.23. The van der Waals surface area contributed by atoms with E-state index < -0.39 is 0 Å². The predicted molar refractivity (Wildman–Crippen MR) is 60.2 cm³/mol. The fourth-order valence-electron chi connectivity index (χ4n) is 2.61. The average molecular weight is 196 g/mol. The summed E-state index contributed by atoms with van der Waals surface area (Å²) >= 11 is 0. The van der Waals surface area contributed by atoms with E-state index in [1.165, 1.54) is 45.2 Å². The summed E-state index contributed by atoms with van der Waals surface area (Å²) in [5.74, 6) is 1.87. The van der Waals surface area contributed by atoms with Gasteiger partial charge in [-0.05, 0) is 57.7 Å². The summed E-state index contributed by atoms with van der Waals surface area (Å²) in [6, 6.07) is 0.821. The van der Waals surface area contributed by atoms with Crippen LogP contribution < -0.4 is 5.73 Å². The van der Waals surface area contributed by atoms with Crippen LogP contribution in [0, 0.1) is 11.8 Å². The Balaban J connectivity index is 1.70. The number of nitrogens with zero attached hydrogens (tertiary/aromatic N) is 1. The van der Waals surface area contributed by atoms with Gasteiger partial charge in [0.25, 0.3) is 0 Å². The topological polar surface area (TPSA) is 29.3 Å². The monoisotopic (exact) mass is 196 g/mol. The lowest BCUT2D eigenvalue weighted by molar-refractivity contribution is 0.134. The number of piperidine rings is 1. The lowest BCUT2D eigenvalue weighted by atomic mass is 9.95. The molecule has 1 aliphatic heterocycles. The summed E-state index contributed by atoms with van der Waals surface area (Å²) in [5.41, 5.74) is 5.70. The van der Waals surface area contributed by atoms with Crippen LogP contribution in [-0.4, -0.2) is 30.6 Å². The first-order chi connectivity index (χ1) is 6.79. The normalized spacial score (nSPS) is 27.9. The first-order valence-electron chi connectivity index (χ1n) is 6.23. The van der Waals surface area contributed by atoms with Crippen molar-refractivity contribution in [3.63, 3.8) is 0 Å². The van der Waals surface area contributed by atoms with Gasteiger partial charge in [0, 0.05) is 6.04 Å². The van der Waals surface area contributed by atoms with Gasteiger partial charge in [-0.25, -0.2) is 0 Å². The molecule has 14 heavy (non-hydrogen) atoms. The van der Waals surface area contributed by atoms with Gasteiger partial charge in [-0.3, -0.25) is 0 Å². The standard InChI is InChI=1S/C12H24N2/c1-10(8-11-2-3-11)14-6-4-12(9-13)5-7-14/h10-12H,2-9,13H2,1H3. The van der Waals surface area contributed by atoms with Crippen LogP contribution in [0.2, 0.25) is 0 Å². The van der Waals surface area contributed by atoms with Gasteiger partial charge in [0.2, 0.25) is 0 Å². The number of rotatable bonds is 4. The van der Waals surface area contributed by atoms with Gasteiger partial charge in [-0.1, -0.05) is 12.8 Å². The maximum absolute atomic E-state index is 5.70. The molecule has 1 heterocycles. The molecule has 0 aromatic carbocycles. The van der Waals surface area contributed by atoms with Gasteiger partial charge < -0.3 is 10.6 Å². The van der Waals surface area contributed by atoms with Crippen molar-refractivity contribution in [2.24, 2.45) is 17.6 Å². The van der Waals surface area contributed by atoms with E-state index in [1.807, 2.05) is 0 Å². The molecule has 82 valence electrons. The Morgan fingerprint density at radius 2 is 1.79 bits per heavy atom. The van der Waals surface area contributed by atoms with Crippen LogP contribution in [0.25, 0.3) is 0 Å². The molecule has 2 nitrogen and oxygen atoms in total. The van der Waals surface area contributed by atoms with E-state index in [2.05, 4.69) is 11.8 Å². The molecule has 1 unspecified atom stereocenters. The Hall–Kier alpha value is -0.0800. The highest BCUT2D eigenvalue weighted by Gasteiger charge is 2.28. The van der Waals surface area contributed by atoms with E-state index in [0.717, 1.165) is 24.4 Å². The second-order valence-electron chi connectivity index (χ2n) is 5.24. The maximum Gasteiger partial charge on any atom is 0.00695 e. The highest BCUT2D eigenvalue weighted by Crippen LogP contribution is 2.35. The largest absolute Gasteiger partial charge is 0.330 e. The fraction of sp³-hybridized carbons (Fsp3) is 1.00. The van der Waals surface area contributed by atoms with Gasteiger partial charge in [0.15, 0.2) is 0 Å². The van der Waals surface area contributed by atoms with Gasteiger partial charge in [0.1, 0.15) is 0 Å². The van der Waals surface area contributed by atoms with E-state index in [9.17, 15) is 0 Å². The highest BCUT2D eigenvalue weighted by atomic mass is 15.2. The third-order valence-corrected chi connectivity index (χ3v) is 3.98. The Kier molecular flexibility index (Phi) is 3.45. The molecule has 0 aromatic rings. The third-order valence-electron chi connectivity index (χ3n) is 3.98. The number of hydrogen-bond donors (Lipinski definition) is 1. The van der Waals surface area contributed by atoms with Crippen LogP contribution in [0.3, 0.4) is 0 Å². The minimum atomic E-state index is 0.805. The van der Waals surface area contributed by atoms with Gasteiger partial charge in [-0.2, -0.15) is 0 Å². The molecular formula is C12H24N2. The molecule has 0 aromatic heterocycles. The predicted octanol–water partition coefficient (Wildman–Crippen LogP) is 1.85. The summed E-state index contributed by atoms with van der Waals surface area (Å²) in [7, 11) is 0. The van der Waals surface area contributed by atoms with Crippen molar-refractivity contribution in [3.05, 3.63) is 0 Å². The van der Waals surface area contributed by atoms with Crippen LogP contribution in [0.15, 0.2) is 0 Å². The quantitative estimate of drug-likeness (QED) is 0.743. The molecular weight excluding hydrogens is 172 g/mol. The lowest BCUT2D eigenvalue weighted by Gasteiger charge is -2.35. The molecule has 1 saturated heterocycles. The third kappa shape index (κ3) is 2.71. The summed E-state index contributed by atoms with van der Waals surface area (Å²) < 4.78 is 0. The van der Waals surface area contributed by atoms with Crippen LogP contribution in [0.5, 0.6) is 0 Å². The molecule has 2 aliphatic rings. The van der Waals surface area contributed by atoms with Crippen LogP contribution in [0.4, 0.5) is 0 Å². The molecule has 1 saturated carbocycles. The second-order valence-corrected chi connectivity index (χ2v) is 5.24. The molecule has 1 atom stereocenters. The van der Waals surface area contributed by atoms with E-state index in [0.29, 0.717) is 0 Å². The summed E-state index contributed by atoms with van der Waals surface area (Å²) in [4.78, 5) is 2.67. The summed E-state index contributed by atoms with van der Waals surface area (Å²) in [6.07, 6.45) is 7.07. The molecule has 0 bridgehead atoms. The van der Waals surface area contributed by atoms with Gasteiger partial charge >= 0.3 is 0 Å². The van der Waals surface area contributed by atoms with Crippen molar-refractivity contribution in [2.75, 3.05) is 19.6 Å². The zero-order valence-electron chi connectivity index (χ0n) is 9.41. The van der Waals surface area contributed by atoms with Crippen molar-refractivity contribution in [1.82, 2.24) is 4.90 Å². The minimum Gasteiger partial charge on any atom is -0.330 e. The molecule has 2 heteroatoms. The Morgan fingerprint density at radius 3 is 2.29 bits per heavy atom. The molecule has 2 fully saturated rings.